The number of rotatable bonds is 0. The van der Waals surface area contributed by atoms with Crippen molar-refractivity contribution in [2.75, 3.05) is 0 Å². The standard InChI is InChI=1S/C10H10N2S/c1-6-3-4-9-8(5-6)7(2)11-10(13)12-9/h3-5H,1-2H3,(H,11,12,13). The minimum Gasteiger partial charge on any atom is -0.334 e. The van der Waals surface area contributed by atoms with E-state index in [1.807, 2.05) is 19.1 Å². The fourth-order valence-electron chi connectivity index (χ4n) is 1.41. The second kappa shape index (κ2) is 2.92. The van der Waals surface area contributed by atoms with Gasteiger partial charge in [-0.15, -0.1) is 0 Å². The highest BCUT2D eigenvalue weighted by molar-refractivity contribution is 7.71. The van der Waals surface area contributed by atoms with Crippen LogP contribution in [0.15, 0.2) is 18.2 Å². The van der Waals surface area contributed by atoms with E-state index in [1.165, 1.54) is 5.56 Å². The fourth-order valence-corrected chi connectivity index (χ4v) is 1.66. The predicted molar refractivity (Wildman–Crippen MR) is 56.4 cm³/mol. The van der Waals surface area contributed by atoms with Crippen molar-refractivity contribution in [3.05, 3.63) is 34.2 Å². The lowest BCUT2D eigenvalue weighted by atomic mass is 10.1. The average molecular weight is 190 g/mol. The number of aryl methyl sites for hydroxylation is 2. The Hall–Kier alpha value is -1.22. The Balaban J connectivity index is 2.95. The van der Waals surface area contributed by atoms with Gasteiger partial charge < -0.3 is 4.98 Å². The normalized spacial score (nSPS) is 10.6. The fraction of sp³-hybridized carbons (Fsp3) is 0.200. The number of benzene rings is 1. The largest absolute Gasteiger partial charge is 0.334 e. The quantitative estimate of drug-likeness (QED) is 0.647. The smallest absolute Gasteiger partial charge is 0.197 e. The van der Waals surface area contributed by atoms with E-state index in [-0.39, 0.29) is 0 Å². The lowest BCUT2D eigenvalue weighted by Crippen LogP contribution is -1.89. The van der Waals surface area contributed by atoms with E-state index in [0.29, 0.717) is 4.77 Å². The molecule has 66 valence electrons. The molecule has 0 bridgehead atoms. The summed E-state index contributed by atoms with van der Waals surface area (Å²) in [4.78, 5) is 7.28. The van der Waals surface area contributed by atoms with Gasteiger partial charge in [-0.3, -0.25) is 0 Å². The van der Waals surface area contributed by atoms with Crippen molar-refractivity contribution in [2.45, 2.75) is 13.8 Å². The van der Waals surface area contributed by atoms with E-state index in [0.717, 1.165) is 16.6 Å². The molecule has 0 aliphatic heterocycles. The van der Waals surface area contributed by atoms with Gasteiger partial charge >= 0.3 is 0 Å². The van der Waals surface area contributed by atoms with Gasteiger partial charge in [0.25, 0.3) is 0 Å². The van der Waals surface area contributed by atoms with Gasteiger partial charge in [0.05, 0.1) is 5.52 Å². The molecule has 1 N–H and O–H groups in total. The molecule has 0 unspecified atom stereocenters. The van der Waals surface area contributed by atoms with E-state index in [2.05, 4.69) is 23.0 Å². The van der Waals surface area contributed by atoms with Crippen LogP contribution in [-0.2, 0) is 0 Å². The van der Waals surface area contributed by atoms with Crippen molar-refractivity contribution in [2.24, 2.45) is 0 Å². The van der Waals surface area contributed by atoms with Gasteiger partial charge in [-0.2, -0.15) is 0 Å². The molecule has 0 saturated heterocycles. The second-order valence-electron chi connectivity index (χ2n) is 3.19. The molecule has 2 aromatic rings. The summed E-state index contributed by atoms with van der Waals surface area (Å²) in [6.07, 6.45) is 0. The Morgan fingerprint density at radius 2 is 2.08 bits per heavy atom. The van der Waals surface area contributed by atoms with Crippen LogP contribution in [0.4, 0.5) is 0 Å². The second-order valence-corrected chi connectivity index (χ2v) is 3.57. The molecule has 0 aliphatic rings. The van der Waals surface area contributed by atoms with Crippen LogP contribution in [0.1, 0.15) is 11.3 Å². The number of aromatic nitrogens is 2. The topological polar surface area (TPSA) is 28.7 Å². The highest BCUT2D eigenvalue weighted by Gasteiger charge is 1.98. The summed E-state index contributed by atoms with van der Waals surface area (Å²) >= 11 is 4.99. The minimum absolute atomic E-state index is 0.550. The summed E-state index contributed by atoms with van der Waals surface area (Å²) in [6.45, 7) is 4.08. The Morgan fingerprint density at radius 1 is 1.31 bits per heavy atom. The molecule has 0 spiro atoms. The molecule has 0 saturated carbocycles. The third kappa shape index (κ3) is 1.47. The van der Waals surface area contributed by atoms with E-state index in [9.17, 15) is 0 Å². The lowest BCUT2D eigenvalue weighted by molar-refractivity contribution is 1.12. The molecular weight excluding hydrogens is 180 g/mol. The zero-order valence-electron chi connectivity index (χ0n) is 7.59. The van der Waals surface area contributed by atoms with Gasteiger partial charge in [-0.25, -0.2) is 4.98 Å². The minimum atomic E-state index is 0.550. The molecule has 1 aromatic carbocycles. The summed E-state index contributed by atoms with van der Waals surface area (Å²) < 4.78 is 0.550. The molecule has 13 heavy (non-hydrogen) atoms. The zero-order chi connectivity index (χ0) is 9.42. The molecule has 0 radical (unpaired) electrons. The number of hydrogen-bond donors (Lipinski definition) is 1. The molecule has 1 heterocycles. The number of aromatic amines is 1. The van der Waals surface area contributed by atoms with Crippen molar-refractivity contribution < 1.29 is 0 Å². The third-order valence-corrected chi connectivity index (χ3v) is 2.27. The van der Waals surface area contributed by atoms with Gasteiger partial charge in [0.15, 0.2) is 4.77 Å². The Kier molecular flexibility index (Phi) is 1.88. The van der Waals surface area contributed by atoms with Crippen molar-refractivity contribution in [3.63, 3.8) is 0 Å². The Morgan fingerprint density at radius 3 is 2.85 bits per heavy atom. The van der Waals surface area contributed by atoms with Crippen molar-refractivity contribution in [1.29, 1.82) is 0 Å². The maximum atomic E-state index is 4.99. The number of nitrogens with zero attached hydrogens (tertiary/aromatic N) is 1. The molecule has 0 fully saturated rings. The van der Waals surface area contributed by atoms with Gasteiger partial charge in [0.2, 0.25) is 0 Å². The van der Waals surface area contributed by atoms with Crippen LogP contribution < -0.4 is 0 Å². The molecular formula is C10H10N2S. The SMILES string of the molecule is Cc1ccc2nc(=S)[nH]c(C)c2c1. The highest BCUT2D eigenvalue weighted by atomic mass is 32.1. The maximum Gasteiger partial charge on any atom is 0.197 e. The van der Waals surface area contributed by atoms with Crippen LogP contribution in [0.25, 0.3) is 10.9 Å². The molecule has 0 aliphatic carbocycles. The van der Waals surface area contributed by atoms with Crippen LogP contribution in [0, 0.1) is 18.6 Å². The molecule has 0 atom stereocenters. The van der Waals surface area contributed by atoms with E-state index >= 15 is 0 Å². The Bertz CT molecular complexity index is 514. The number of H-pyrrole nitrogens is 1. The molecule has 3 heteroatoms. The molecule has 2 rings (SSSR count). The predicted octanol–water partition coefficient (Wildman–Crippen LogP) is 2.91. The zero-order valence-corrected chi connectivity index (χ0v) is 8.40. The summed E-state index contributed by atoms with van der Waals surface area (Å²) in [6, 6.07) is 6.16. The summed E-state index contributed by atoms with van der Waals surface area (Å²) in [5.41, 5.74) is 3.29. The number of nitrogens with one attached hydrogen (secondary N) is 1. The third-order valence-electron chi connectivity index (χ3n) is 2.07. The highest BCUT2D eigenvalue weighted by Crippen LogP contribution is 2.15. The van der Waals surface area contributed by atoms with Crippen LogP contribution >= 0.6 is 12.2 Å². The van der Waals surface area contributed by atoms with Crippen LogP contribution in [0.5, 0.6) is 0 Å². The van der Waals surface area contributed by atoms with Gasteiger partial charge in [0, 0.05) is 11.1 Å². The molecule has 2 nitrogen and oxygen atoms in total. The summed E-state index contributed by atoms with van der Waals surface area (Å²) in [5.74, 6) is 0. The first-order valence-corrected chi connectivity index (χ1v) is 4.55. The first-order valence-electron chi connectivity index (χ1n) is 4.14. The van der Waals surface area contributed by atoms with Gasteiger partial charge in [-0.05, 0) is 38.2 Å². The summed E-state index contributed by atoms with van der Waals surface area (Å²) in [7, 11) is 0. The van der Waals surface area contributed by atoms with Crippen molar-refractivity contribution in [1.82, 2.24) is 9.97 Å². The molecule has 0 amide bonds. The first-order chi connectivity index (χ1) is 6.16. The Labute approximate surface area is 81.6 Å². The number of hydrogen-bond acceptors (Lipinski definition) is 2. The molecule has 1 aromatic heterocycles. The van der Waals surface area contributed by atoms with Crippen molar-refractivity contribution in [3.8, 4) is 0 Å². The monoisotopic (exact) mass is 190 g/mol. The van der Waals surface area contributed by atoms with Crippen LogP contribution in [0.2, 0.25) is 0 Å². The van der Waals surface area contributed by atoms with Gasteiger partial charge in [-0.1, -0.05) is 11.6 Å². The summed E-state index contributed by atoms with van der Waals surface area (Å²) in [5, 5.41) is 1.15. The van der Waals surface area contributed by atoms with Crippen LogP contribution in [0.3, 0.4) is 0 Å². The van der Waals surface area contributed by atoms with E-state index in [1.54, 1.807) is 0 Å². The lowest BCUT2D eigenvalue weighted by Gasteiger charge is -2.01. The van der Waals surface area contributed by atoms with E-state index in [4.69, 9.17) is 12.2 Å². The first kappa shape index (κ1) is 8.38. The van der Waals surface area contributed by atoms with Crippen LogP contribution in [-0.4, -0.2) is 9.97 Å². The number of fused-ring (bicyclic) bond motifs is 1. The van der Waals surface area contributed by atoms with Crippen molar-refractivity contribution >= 4 is 23.1 Å². The van der Waals surface area contributed by atoms with E-state index < -0.39 is 0 Å². The van der Waals surface area contributed by atoms with Gasteiger partial charge in [0.1, 0.15) is 0 Å². The average Bonchev–Trinajstić information content (AvgIpc) is 2.06. The maximum absolute atomic E-state index is 4.99.